The Hall–Kier alpha value is -3.04. The molecule has 0 unspecified atom stereocenters. The Morgan fingerprint density at radius 2 is 1.70 bits per heavy atom. The van der Waals surface area contributed by atoms with Gasteiger partial charge in [0.25, 0.3) is 5.91 Å². The lowest BCUT2D eigenvalue weighted by molar-refractivity contribution is 0.102. The Morgan fingerprint density at radius 1 is 1.03 bits per heavy atom. The molecule has 30 heavy (non-hydrogen) atoms. The number of para-hydroxylation sites is 1. The van der Waals surface area contributed by atoms with Crippen LogP contribution in [0.5, 0.6) is 0 Å². The van der Waals surface area contributed by atoms with Gasteiger partial charge < -0.3 is 5.32 Å². The number of carbonyl (C=O) groups excluding carboxylic acids is 1. The molecule has 0 bridgehead atoms. The molecule has 4 rings (SSSR count). The van der Waals surface area contributed by atoms with E-state index in [1.807, 2.05) is 30.3 Å². The summed E-state index contributed by atoms with van der Waals surface area (Å²) in [6, 6.07) is 15.6. The van der Waals surface area contributed by atoms with Crippen LogP contribution in [0.25, 0.3) is 5.69 Å². The van der Waals surface area contributed by atoms with Gasteiger partial charge in [0.15, 0.2) is 5.69 Å². The maximum absolute atomic E-state index is 12.8. The third-order valence-corrected chi connectivity index (χ3v) is 7.15. The molecule has 1 fully saturated rings. The molecule has 2 aromatic carbocycles. The molecular weight excluding hydrogens is 402 g/mol. The highest BCUT2D eigenvalue weighted by Crippen LogP contribution is 2.24. The zero-order chi connectivity index (χ0) is 21.1. The smallest absolute Gasteiger partial charge is 0.277 e. The van der Waals surface area contributed by atoms with E-state index >= 15 is 0 Å². The molecule has 1 aliphatic rings. The number of aromatic nitrogens is 3. The van der Waals surface area contributed by atoms with Gasteiger partial charge >= 0.3 is 0 Å². The predicted molar refractivity (Wildman–Crippen MR) is 113 cm³/mol. The van der Waals surface area contributed by atoms with Crippen LogP contribution in [0.1, 0.15) is 30.3 Å². The first-order chi connectivity index (χ1) is 14.4. The SMILES string of the molecule is CC1CCN(S(=O)(=O)c2ccc(NC(=O)c3cn(-c4ccccc4)nn3)cc2)CC1. The molecule has 1 N–H and O–H groups in total. The average molecular weight is 426 g/mol. The van der Waals surface area contributed by atoms with E-state index in [2.05, 4.69) is 22.6 Å². The lowest BCUT2D eigenvalue weighted by Gasteiger charge is -2.29. The fourth-order valence-electron chi connectivity index (χ4n) is 3.35. The first kappa shape index (κ1) is 20.2. The summed E-state index contributed by atoms with van der Waals surface area (Å²) in [5.41, 5.74) is 1.45. The molecule has 1 aromatic heterocycles. The van der Waals surface area contributed by atoms with Crippen molar-refractivity contribution in [1.82, 2.24) is 19.3 Å². The van der Waals surface area contributed by atoms with Crippen LogP contribution < -0.4 is 5.32 Å². The number of nitrogens with one attached hydrogen (secondary N) is 1. The van der Waals surface area contributed by atoms with E-state index < -0.39 is 15.9 Å². The van der Waals surface area contributed by atoms with Gasteiger partial charge in [0.05, 0.1) is 16.8 Å². The molecular formula is C21H23N5O3S. The number of sulfonamides is 1. The molecule has 3 aromatic rings. The molecule has 2 heterocycles. The topological polar surface area (TPSA) is 97.2 Å². The maximum atomic E-state index is 12.8. The van der Waals surface area contributed by atoms with Crippen molar-refractivity contribution in [2.75, 3.05) is 18.4 Å². The number of piperidine rings is 1. The van der Waals surface area contributed by atoms with E-state index in [1.54, 1.807) is 18.3 Å². The number of hydrogen-bond donors (Lipinski definition) is 1. The quantitative estimate of drug-likeness (QED) is 0.678. The van der Waals surface area contributed by atoms with Crippen molar-refractivity contribution in [1.29, 1.82) is 0 Å². The van der Waals surface area contributed by atoms with Crippen LogP contribution in [0.2, 0.25) is 0 Å². The van der Waals surface area contributed by atoms with Crippen LogP contribution in [-0.2, 0) is 10.0 Å². The number of carbonyl (C=O) groups is 1. The molecule has 1 saturated heterocycles. The number of amides is 1. The van der Waals surface area contributed by atoms with E-state index in [0.29, 0.717) is 24.7 Å². The molecule has 9 heteroatoms. The molecule has 8 nitrogen and oxygen atoms in total. The van der Waals surface area contributed by atoms with Crippen LogP contribution in [-0.4, -0.2) is 46.7 Å². The van der Waals surface area contributed by atoms with Gasteiger partial charge in [0, 0.05) is 18.8 Å². The minimum Gasteiger partial charge on any atom is -0.321 e. The highest BCUT2D eigenvalue weighted by Gasteiger charge is 2.28. The fraction of sp³-hybridized carbons (Fsp3) is 0.286. The van der Waals surface area contributed by atoms with Crippen LogP contribution in [0.4, 0.5) is 5.69 Å². The monoisotopic (exact) mass is 425 g/mol. The Kier molecular flexibility index (Phi) is 5.65. The van der Waals surface area contributed by atoms with E-state index in [0.717, 1.165) is 18.5 Å². The molecule has 0 saturated carbocycles. The van der Waals surface area contributed by atoms with Crippen molar-refractivity contribution in [2.45, 2.75) is 24.7 Å². The van der Waals surface area contributed by atoms with Gasteiger partial charge in [0.2, 0.25) is 10.0 Å². The molecule has 0 spiro atoms. The zero-order valence-electron chi connectivity index (χ0n) is 16.6. The predicted octanol–water partition coefficient (Wildman–Crippen LogP) is 2.94. The maximum Gasteiger partial charge on any atom is 0.277 e. The lowest BCUT2D eigenvalue weighted by atomic mass is 10.0. The van der Waals surface area contributed by atoms with E-state index in [1.165, 1.54) is 21.1 Å². The number of hydrogen-bond acceptors (Lipinski definition) is 5. The van der Waals surface area contributed by atoms with Gasteiger partial charge in [-0.25, -0.2) is 13.1 Å². The van der Waals surface area contributed by atoms with E-state index in [9.17, 15) is 13.2 Å². The molecule has 0 aliphatic carbocycles. The summed E-state index contributed by atoms with van der Waals surface area (Å²) >= 11 is 0. The molecule has 156 valence electrons. The summed E-state index contributed by atoms with van der Waals surface area (Å²) in [6.07, 6.45) is 3.29. The Balaban J connectivity index is 1.43. The van der Waals surface area contributed by atoms with Crippen molar-refractivity contribution in [3.05, 3.63) is 66.5 Å². The first-order valence-electron chi connectivity index (χ1n) is 9.83. The van der Waals surface area contributed by atoms with Gasteiger partial charge in [0.1, 0.15) is 0 Å². The number of rotatable bonds is 5. The molecule has 0 radical (unpaired) electrons. The average Bonchev–Trinajstić information content (AvgIpc) is 3.26. The van der Waals surface area contributed by atoms with Crippen molar-refractivity contribution in [2.24, 2.45) is 5.92 Å². The minimum atomic E-state index is -3.52. The van der Waals surface area contributed by atoms with Crippen LogP contribution in [0.3, 0.4) is 0 Å². The summed E-state index contributed by atoms with van der Waals surface area (Å²) in [4.78, 5) is 12.7. The molecule has 1 amide bonds. The normalized spacial score (nSPS) is 15.8. The van der Waals surface area contributed by atoms with Crippen molar-refractivity contribution >= 4 is 21.6 Å². The highest BCUT2D eigenvalue weighted by atomic mass is 32.2. The zero-order valence-corrected chi connectivity index (χ0v) is 17.4. The summed E-state index contributed by atoms with van der Waals surface area (Å²) < 4.78 is 28.7. The second kappa shape index (κ2) is 8.37. The minimum absolute atomic E-state index is 0.165. The Bertz CT molecular complexity index is 1120. The van der Waals surface area contributed by atoms with Gasteiger partial charge in [-0.3, -0.25) is 4.79 Å². The van der Waals surface area contributed by atoms with Gasteiger partial charge in [-0.2, -0.15) is 4.31 Å². The third-order valence-electron chi connectivity index (χ3n) is 5.24. The van der Waals surface area contributed by atoms with Gasteiger partial charge in [-0.15, -0.1) is 5.10 Å². The van der Waals surface area contributed by atoms with Crippen molar-refractivity contribution in [3.8, 4) is 5.69 Å². The fourth-order valence-corrected chi connectivity index (χ4v) is 4.82. The summed E-state index contributed by atoms with van der Waals surface area (Å²) in [5.74, 6) is 0.131. The van der Waals surface area contributed by atoms with Crippen molar-refractivity contribution in [3.63, 3.8) is 0 Å². The second-order valence-electron chi connectivity index (χ2n) is 7.45. The first-order valence-corrected chi connectivity index (χ1v) is 11.3. The standard InChI is InChI=1S/C21H23N5O3S/c1-16-11-13-25(14-12-16)30(28,29)19-9-7-17(8-10-19)22-21(27)20-15-26(24-23-20)18-5-3-2-4-6-18/h2-10,15-16H,11-14H2,1H3,(H,22,27). The number of anilines is 1. The van der Waals surface area contributed by atoms with Crippen LogP contribution in [0.15, 0.2) is 65.7 Å². The molecule has 1 aliphatic heterocycles. The second-order valence-corrected chi connectivity index (χ2v) is 9.39. The summed E-state index contributed by atoms with van der Waals surface area (Å²) in [6.45, 7) is 3.22. The lowest BCUT2D eigenvalue weighted by Crippen LogP contribution is -2.37. The highest BCUT2D eigenvalue weighted by molar-refractivity contribution is 7.89. The van der Waals surface area contributed by atoms with E-state index in [-0.39, 0.29) is 10.6 Å². The van der Waals surface area contributed by atoms with Gasteiger partial charge in [-0.1, -0.05) is 30.3 Å². The Labute approximate surface area is 175 Å². The Morgan fingerprint density at radius 3 is 2.37 bits per heavy atom. The van der Waals surface area contributed by atoms with Gasteiger partial charge in [-0.05, 0) is 55.2 Å². The van der Waals surface area contributed by atoms with Crippen molar-refractivity contribution < 1.29 is 13.2 Å². The summed E-state index contributed by atoms with van der Waals surface area (Å²) in [5, 5.41) is 10.6. The third kappa shape index (κ3) is 4.27. The number of benzene rings is 2. The van der Waals surface area contributed by atoms with E-state index in [4.69, 9.17) is 0 Å². The molecule has 0 atom stereocenters. The van der Waals surface area contributed by atoms with Crippen LogP contribution >= 0.6 is 0 Å². The summed E-state index contributed by atoms with van der Waals surface area (Å²) in [7, 11) is -3.52. The largest absolute Gasteiger partial charge is 0.321 e. The van der Waals surface area contributed by atoms with Crippen LogP contribution in [0, 0.1) is 5.92 Å². The number of nitrogens with zero attached hydrogens (tertiary/aromatic N) is 4.